The fourth-order valence-electron chi connectivity index (χ4n) is 3.80. The van der Waals surface area contributed by atoms with Gasteiger partial charge in [-0.3, -0.25) is 9.89 Å². The number of hydrogen-bond acceptors (Lipinski definition) is 8. The Morgan fingerprint density at radius 1 is 1.29 bits per heavy atom. The minimum absolute atomic E-state index is 0.584. The lowest BCUT2D eigenvalue weighted by Crippen LogP contribution is -2.39. The van der Waals surface area contributed by atoms with Gasteiger partial charge < -0.3 is 15.8 Å². The highest BCUT2D eigenvalue weighted by Gasteiger charge is 2.17. The van der Waals surface area contributed by atoms with E-state index in [0.717, 1.165) is 52.3 Å². The molecule has 1 aliphatic rings. The fraction of sp³-hybridized carbons (Fsp3) is 0.269. The number of nitrogens with one attached hydrogen (secondary N) is 1. The maximum Gasteiger partial charge on any atom is 0.145 e. The summed E-state index contributed by atoms with van der Waals surface area (Å²) in [6, 6.07) is 10.2. The Hall–Kier alpha value is -3.36. The maximum atomic E-state index is 6.31. The highest BCUT2D eigenvalue weighted by Crippen LogP contribution is 2.35. The normalized spacial score (nSPS) is 14.4. The summed E-state index contributed by atoms with van der Waals surface area (Å²) in [5.74, 6) is 1.41. The van der Waals surface area contributed by atoms with E-state index in [0.29, 0.717) is 18.2 Å². The van der Waals surface area contributed by atoms with E-state index in [2.05, 4.69) is 50.8 Å². The number of aryl methyl sites for hydroxylation is 1. The average molecular weight is 475 g/mol. The summed E-state index contributed by atoms with van der Waals surface area (Å²) in [6.45, 7) is 9.66. The Balaban J connectivity index is 1.74. The molecule has 7 nitrogen and oxygen atoms in total. The van der Waals surface area contributed by atoms with Crippen molar-refractivity contribution in [1.29, 1.82) is 0 Å². The number of nitrogens with two attached hydrogens (primary N) is 1. The number of thioether (sulfide) groups is 1. The van der Waals surface area contributed by atoms with Crippen LogP contribution in [-0.4, -0.2) is 54.4 Å². The average Bonchev–Trinajstić information content (AvgIpc) is 2.81. The van der Waals surface area contributed by atoms with Crippen LogP contribution in [0.15, 0.2) is 64.7 Å². The molecule has 0 saturated carbocycles. The van der Waals surface area contributed by atoms with Crippen LogP contribution < -0.4 is 15.8 Å². The SMILES string of the molecule is C=CSc1cc(Nc2ncnc3cc(/C(C=NC)=C/N)cc(OCCN4CCC4)c23)ccc1C. The minimum atomic E-state index is 0.584. The molecular weight excluding hydrogens is 444 g/mol. The smallest absolute Gasteiger partial charge is 0.145 e. The first kappa shape index (κ1) is 23.8. The van der Waals surface area contributed by atoms with E-state index >= 15 is 0 Å². The molecular formula is C26H30N6OS. The summed E-state index contributed by atoms with van der Waals surface area (Å²) >= 11 is 1.60. The van der Waals surface area contributed by atoms with E-state index in [1.807, 2.05) is 23.6 Å². The summed E-state index contributed by atoms with van der Waals surface area (Å²) in [5.41, 5.74) is 10.5. The van der Waals surface area contributed by atoms with Crippen molar-refractivity contribution < 1.29 is 4.74 Å². The summed E-state index contributed by atoms with van der Waals surface area (Å²) in [7, 11) is 1.72. The molecule has 2 heterocycles. The van der Waals surface area contributed by atoms with Crippen LogP contribution in [0.3, 0.4) is 0 Å². The lowest BCUT2D eigenvalue weighted by Gasteiger charge is -2.30. The van der Waals surface area contributed by atoms with E-state index in [1.165, 1.54) is 12.0 Å². The van der Waals surface area contributed by atoms with Gasteiger partial charge in [0.15, 0.2) is 0 Å². The molecule has 1 aliphatic heterocycles. The third-order valence-electron chi connectivity index (χ3n) is 5.76. The first-order valence-corrected chi connectivity index (χ1v) is 12.1. The van der Waals surface area contributed by atoms with Gasteiger partial charge in [0.25, 0.3) is 0 Å². The number of benzene rings is 2. The maximum absolute atomic E-state index is 6.31. The summed E-state index contributed by atoms with van der Waals surface area (Å²) in [6.07, 6.45) is 6.09. The zero-order valence-corrected chi connectivity index (χ0v) is 20.4. The van der Waals surface area contributed by atoms with Crippen LogP contribution in [0.1, 0.15) is 17.5 Å². The highest BCUT2D eigenvalue weighted by atomic mass is 32.2. The fourth-order valence-corrected chi connectivity index (χ4v) is 4.43. The second-order valence-corrected chi connectivity index (χ2v) is 9.04. The summed E-state index contributed by atoms with van der Waals surface area (Å²) < 4.78 is 6.31. The standard InChI is InChI=1S/C26H30N6OS/c1-4-34-24-14-21(7-6-18(24)2)31-26-25-22(29-17-30-26)12-19(20(15-27)16-28-3)13-23(25)33-11-10-32-8-5-9-32/h4,6-7,12-17H,1,5,8-11,27H2,2-3H3,(H,29,30,31)/b20-15+,28-16?. The Bertz CT molecular complexity index is 1240. The van der Waals surface area contributed by atoms with Crippen molar-refractivity contribution in [2.75, 3.05) is 38.6 Å². The third kappa shape index (κ3) is 5.40. The van der Waals surface area contributed by atoms with Crippen molar-refractivity contribution in [3.8, 4) is 5.75 Å². The molecule has 0 amide bonds. The number of hydrogen-bond donors (Lipinski definition) is 2. The molecule has 1 saturated heterocycles. The number of aliphatic imine (C=N–C) groups is 1. The number of fused-ring (bicyclic) bond motifs is 1. The molecule has 4 rings (SSSR count). The predicted molar refractivity (Wildman–Crippen MR) is 143 cm³/mol. The first-order valence-electron chi connectivity index (χ1n) is 11.3. The molecule has 1 aromatic heterocycles. The van der Waals surface area contributed by atoms with Gasteiger partial charge in [-0.2, -0.15) is 0 Å². The van der Waals surface area contributed by atoms with Crippen molar-refractivity contribution in [1.82, 2.24) is 14.9 Å². The minimum Gasteiger partial charge on any atom is -0.491 e. The number of nitrogens with zero attached hydrogens (tertiary/aromatic N) is 4. The van der Waals surface area contributed by atoms with Gasteiger partial charge in [0.2, 0.25) is 0 Å². The van der Waals surface area contributed by atoms with Crippen molar-refractivity contribution in [3.63, 3.8) is 0 Å². The van der Waals surface area contributed by atoms with Crippen molar-refractivity contribution in [2.24, 2.45) is 10.7 Å². The van der Waals surface area contributed by atoms with Gasteiger partial charge in [0.1, 0.15) is 24.5 Å². The summed E-state index contributed by atoms with van der Waals surface area (Å²) in [5, 5.41) is 6.13. The van der Waals surface area contributed by atoms with Crippen molar-refractivity contribution in [3.05, 3.63) is 66.0 Å². The van der Waals surface area contributed by atoms with Gasteiger partial charge >= 0.3 is 0 Å². The molecule has 34 heavy (non-hydrogen) atoms. The molecule has 0 aliphatic carbocycles. The Labute approximate surface area is 204 Å². The van der Waals surface area contributed by atoms with Crippen LogP contribution in [0, 0.1) is 6.92 Å². The van der Waals surface area contributed by atoms with Crippen molar-refractivity contribution in [2.45, 2.75) is 18.2 Å². The van der Waals surface area contributed by atoms with E-state index in [1.54, 1.807) is 37.6 Å². The van der Waals surface area contributed by atoms with E-state index in [9.17, 15) is 0 Å². The molecule has 176 valence electrons. The number of rotatable bonds is 10. The molecule has 2 aromatic carbocycles. The molecule has 3 aromatic rings. The van der Waals surface area contributed by atoms with Gasteiger partial charge in [0, 0.05) is 42.2 Å². The zero-order chi connectivity index (χ0) is 23.9. The van der Waals surface area contributed by atoms with E-state index < -0.39 is 0 Å². The van der Waals surface area contributed by atoms with Gasteiger partial charge in [0.05, 0.1) is 10.9 Å². The van der Waals surface area contributed by atoms with Crippen LogP contribution in [0.25, 0.3) is 16.5 Å². The molecule has 1 fully saturated rings. The number of aromatic nitrogens is 2. The Morgan fingerprint density at radius 3 is 2.85 bits per heavy atom. The van der Waals surface area contributed by atoms with Crippen LogP contribution in [0.2, 0.25) is 0 Å². The molecule has 3 N–H and O–H groups in total. The molecule has 0 spiro atoms. The number of anilines is 2. The van der Waals surface area contributed by atoms with Gasteiger partial charge in [-0.25, -0.2) is 9.97 Å². The predicted octanol–water partition coefficient (Wildman–Crippen LogP) is 5.00. The second kappa shape index (κ2) is 11.2. The van der Waals surface area contributed by atoms with E-state index in [-0.39, 0.29) is 0 Å². The summed E-state index contributed by atoms with van der Waals surface area (Å²) in [4.78, 5) is 16.7. The van der Waals surface area contributed by atoms with Gasteiger partial charge in [-0.05, 0) is 67.2 Å². The van der Waals surface area contributed by atoms with E-state index in [4.69, 9.17) is 10.5 Å². The lowest BCUT2D eigenvalue weighted by molar-refractivity contribution is 0.147. The van der Waals surface area contributed by atoms with Gasteiger partial charge in [-0.1, -0.05) is 24.4 Å². The Morgan fingerprint density at radius 2 is 2.15 bits per heavy atom. The van der Waals surface area contributed by atoms with Crippen molar-refractivity contribution >= 4 is 46.0 Å². The molecule has 0 atom stereocenters. The quantitative estimate of drug-likeness (QED) is 0.316. The van der Waals surface area contributed by atoms with Gasteiger partial charge in [-0.15, -0.1) is 0 Å². The molecule has 0 unspecified atom stereocenters. The highest BCUT2D eigenvalue weighted by molar-refractivity contribution is 8.02. The van der Waals surface area contributed by atoms with Crippen LogP contribution in [0.4, 0.5) is 11.5 Å². The first-order chi connectivity index (χ1) is 16.6. The molecule has 0 bridgehead atoms. The number of allylic oxidation sites excluding steroid dienone is 1. The van der Waals surface area contributed by atoms with Crippen LogP contribution in [0.5, 0.6) is 5.75 Å². The molecule has 0 radical (unpaired) electrons. The third-order valence-corrected chi connectivity index (χ3v) is 6.62. The molecule has 8 heteroatoms. The number of ether oxygens (including phenoxy) is 1. The monoisotopic (exact) mass is 474 g/mol. The van der Waals surface area contributed by atoms with Crippen LogP contribution >= 0.6 is 11.8 Å². The lowest BCUT2D eigenvalue weighted by atomic mass is 10.0. The zero-order valence-electron chi connectivity index (χ0n) is 19.6. The topological polar surface area (TPSA) is 88.7 Å². The Kier molecular flexibility index (Phi) is 7.82. The van der Waals surface area contributed by atoms with Crippen LogP contribution in [-0.2, 0) is 0 Å². The number of likely N-dealkylation sites (tertiary alicyclic amines) is 1. The second-order valence-electron chi connectivity index (χ2n) is 8.03. The largest absolute Gasteiger partial charge is 0.491 e.